The summed E-state index contributed by atoms with van der Waals surface area (Å²) in [7, 11) is 0. The minimum absolute atomic E-state index is 0.533. The number of aromatic nitrogens is 2. The topological polar surface area (TPSA) is 54.7 Å². The van der Waals surface area contributed by atoms with E-state index in [4.69, 9.17) is 5.73 Å². The van der Waals surface area contributed by atoms with E-state index in [0.29, 0.717) is 6.54 Å². The summed E-state index contributed by atoms with van der Waals surface area (Å²) in [6.45, 7) is 2.60. The normalized spacial score (nSPS) is 11.1. The molecule has 0 bridgehead atoms. The van der Waals surface area contributed by atoms with Gasteiger partial charge in [0, 0.05) is 23.6 Å². The molecule has 0 aliphatic rings. The number of nitrogens with zero attached hydrogens (tertiary/aromatic N) is 1. The zero-order chi connectivity index (χ0) is 13.2. The van der Waals surface area contributed by atoms with E-state index in [9.17, 15) is 0 Å². The largest absolute Gasteiger partial charge is 0.349 e. The summed E-state index contributed by atoms with van der Waals surface area (Å²) in [6, 6.07) is 12.5. The lowest BCUT2D eigenvalue weighted by molar-refractivity contribution is 0.986. The molecule has 3 aromatic rings. The number of aryl methyl sites for hydroxylation is 1. The van der Waals surface area contributed by atoms with Gasteiger partial charge in [-0.2, -0.15) is 0 Å². The summed E-state index contributed by atoms with van der Waals surface area (Å²) >= 11 is 1.65. The van der Waals surface area contributed by atoms with Crippen LogP contribution >= 0.6 is 11.8 Å². The summed E-state index contributed by atoms with van der Waals surface area (Å²) in [5.41, 5.74) is 9.00. The van der Waals surface area contributed by atoms with Crippen LogP contribution in [-0.4, -0.2) is 9.97 Å². The van der Waals surface area contributed by atoms with Crippen LogP contribution in [0.25, 0.3) is 10.9 Å². The SMILES string of the molecule is Cc1cc(CN)cnc1Sc1cc2ccccc2[nH]1. The molecule has 0 spiro atoms. The lowest BCUT2D eigenvalue weighted by Crippen LogP contribution is -1.98. The minimum Gasteiger partial charge on any atom is -0.349 e. The van der Waals surface area contributed by atoms with Gasteiger partial charge < -0.3 is 10.7 Å². The molecule has 4 heteroatoms. The first-order valence-corrected chi connectivity index (χ1v) is 6.99. The van der Waals surface area contributed by atoms with Gasteiger partial charge in [-0.3, -0.25) is 0 Å². The summed E-state index contributed by atoms with van der Waals surface area (Å²) in [5.74, 6) is 0. The van der Waals surface area contributed by atoms with Crippen LogP contribution in [0.3, 0.4) is 0 Å². The van der Waals surface area contributed by atoms with Crippen molar-refractivity contribution < 1.29 is 0 Å². The minimum atomic E-state index is 0.533. The second kappa shape index (κ2) is 5.07. The van der Waals surface area contributed by atoms with Crippen LogP contribution in [0.4, 0.5) is 0 Å². The van der Waals surface area contributed by atoms with E-state index in [-0.39, 0.29) is 0 Å². The van der Waals surface area contributed by atoms with Crippen LogP contribution < -0.4 is 5.73 Å². The fourth-order valence-electron chi connectivity index (χ4n) is 2.04. The van der Waals surface area contributed by atoms with Crippen LogP contribution in [0.2, 0.25) is 0 Å². The van der Waals surface area contributed by atoms with Crippen molar-refractivity contribution >= 4 is 22.7 Å². The Morgan fingerprint density at radius 1 is 1.26 bits per heavy atom. The van der Waals surface area contributed by atoms with Crippen LogP contribution in [0, 0.1) is 6.92 Å². The average Bonchev–Trinajstić information content (AvgIpc) is 2.83. The Hall–Kier alpha value is -1.78. The molecule has 0 fully saturated rings. The molecule has 1 aromatic carbocycles. The number of hydrogen-bond donors (Lipinski definition) is 2. The van der Waals surface area contributed by atoms with Gasteiger partial charge >= 0.3 is 0 Å². The van der Waals surface area contributed by atoms with E-state index in [1.54, 1.807) is 11.8 Å². The van der Waals surface area contributed by atoms with Crippen molar-refractivity contribution in [1.29, 1.82) is 0 Å². The summed E-state index contributed by atoms with van der Waals surface area (Å²) < 4.78 is 0. The average molecular weight is 269 g/mol. The number of H-pyrrole nitrogens is 1. The van der Waals surface area contributed by atoms with Gasteiger partial charge in [0.1, 0.15) is 5.03 Å². The van der Waals surface area contributed by atoms with Crippen molar-refractivity contribution in [3.05, 3.63) is 53.7 Å². The summed E-state index contributed by atoms with van der Waals surface area (Å²) in [4.78, 5) is 7.88. The Labute approximate surface area is 116 Å². The Morgan fingerprint density at radius 3 is 2.84 bits per heavy atom. The number of aromatic amines is 1. The van der Waals surface area contributed by atoms with Gasteiger partial charge in [-0.1, -0.05) is 36.0 Å². The highest BCUT2D eigenvalue weighted by Crippen LogP contribution is 2.30. The lowest BCUT2D eigenvalue weighted by Gasteiger charge is -2.04. The molecule has 0 unspecified atom stereocenters. The summed E-state index contributed by atoms with van der Waals surface area (Å²) in [6.07, 6.45) is 1.85. The zero-order valence-electron chi connectivity index (χ0n) is 10.7. The number of fused-ring (bicyclic) bond motifs is 1. The van der Waals surface area contributed by atoms with Crippen molar-refractivity contribution in [2.24, 2.45) is 5.73 Å². The Kier molecular flexibility index (Phi) is 3.27. The predicted molar refractivity (Wildman–Crippen MR) is 79.3 cm³/mol. The van der Waals surface area contributed by atoms with E-state index >= 15 is 0 Å². The maximum Gasteiger partial charge on any atom is 0.105 e. The maximum atomic E-state index is 5.62. The highest BCUT2D eigenvalue weighted by molar-refractivity contribution is 7.99. The Morgan fingerprint density at radius 2 is 2.11 bits per heavy atom. The fraction of sp³-hybridized carbons (Fsp3) is 0.133. The molecule has 0 saturated carbocycles. The summed E-state index contributed by atoms with van der Waals surface area (Å²) in [5, 5.41) is 3.35. The molecule has 0 saturated heterocycles. The molecular formula is C15H15N3S. The number of hydrogen-bond acceptors (Lipinski definition) is 3. The van der Waals surface area contributed by atoms with E-state index in [2.05, 4.69) is 41.2 Å². The van der Waals surface area contributed by atoms with Crippen molar-refractivity contribution in [1.82, 2.24) is 9.97 Å². The quantitative estimate of drug-likeness (QED) is 0.765. The van der Waals surface area contributed by atoms with E-state index in [1.165, 1.54) is 5.39 Å². The second-order valence-corrected chi connectivity index (χ2v) is 5.52. The van der Waals surface area contributed by atoms with E-state index < -0.39 is 0 Å². The number of para-hydroxylation sites is 1. The van der Waals surface area contributed by atoms with Crippen LogP contribution in [0.5, 0.6) is 0 Å². The fourth-order valence-corrected chi connectivity index (χ4v) is 2.93. The molecule has 3 N–H and O–H groups in total. The van der Waals surface area contributed by atoms with Gasteiger partial charge in [-0.25, -0.2) is 4.98 Å². The third kappa shape index (κ3) is 2.50. The number of rotatable bonds is 3. The number of nitrogens with two attached hydrogens (primary N) is 1. The molecule has 0 amide bonds. The highest BCUT2D eigenvalue weighted by Gasteiger charge is 2.06. The second-order valence-electron chi connectivity index (χ2n) is 4.49. The highest BCUT2D eigenvalue weighted by atomic mass is 32.2. The smallest absolute Gasteiger partial charge is 0.105 e. The first kappa shape index (κ1) is 12.3. The third-order valence-electron chi connectivity index (χ3n) is 3.03. The van der Waals surface area contributed by atoms with Gasteiger partial charge in [-0.15, -0.1) is 0 Å². The van der Waals surface area contributed by atoms with Crippen molar-refractivity contribution in [2.75, 3.05) is 0 Å². The Balaban J connectivity index is 1.92. The molecule has 0 atom stereocenters. The lowest BCUT2D eigenvalue weighted by atomic mass is 10.2. The number of pyridine rings is 1. The van der Waals surface area contributed by atoms with Gasteiger partial charge in [0.05, 0.1) is 5.03 Å². The van der Waals surface area contributed by atoms with Crippen LogP contribution in [0.15, 0.2) is 52.6 Å². The third-order valence-corrected chi connectivity index (χ3v) is 4.10. The molecule has 0 aliphatic heterocycles. The van der Waals surface area contributed by atoms with E-state index in [0.717, 1.165) is 26.7 Å². The molecule has 0 radical (unpaired) electrons. The molecule has 3 rings (SSSR count). The van der Waals surface area contributed by atoms with Crippen molar-refractivity contribution in [3.63, 3.8) is 0 Å². The standard InChI is InChI=1S/C15H15N3S/c1-10-6-11(8-16)9-17-15(10)19-14-7-12-4-2-3-5-13(12)18-14/h2-7,9,18H,8,16H2,1H3. The van der Waals surface area contributed by atoms with Gasteiger partial charge in [0.2, 0.25) is 0 Å². The van der Waals surface area contributed by atoms with Crippen molar-refractivity contribution in [3.8, 4) is 0 Å². The zero-order valence-corrected chi connectivity index (χ0v) is 11.5. The molecule has 2 heterocycles. The van der Waals surface area contributed by atoms with Crippen molar-refractivity contribution in [2.45, 2.75) is 23.5 Å². The molecule has 3 nitrogen and oxygen atoms in total. The first-order valence-electron chi connectivity index (χ1n) is 6.17. The number of nitrogens with one attached hydrogen (secondary N) is 1. The molecule has 2 aromatic heterocycles. The predicted octanol–water partition coefficient (Wildman–Crippen LogP) is 3.48. The van der Waals surface area contributed by atoms with Gasteiger partial charge in [0.25, 0.3) is 0 Å². The van der Waals surface area contributed by atoms with Crippen LogP contribution in [-0.2, 0) is 6.54 Å². The number of benzene rings is 1. The first-order chi connectivity index (χ1) is 9.26. The molecule has 0 aliphatic carbocycles. The van der Waals surface area contributed by atoms with Crippen LogP contribution in [0.1, 0.15) is 11.1 Å². The van der Waals surface area contributed by atoms with Gasteiger partial charge in [0.15, 0.2) is 0 Å². The monoisotopic (exact) mass is 269 g/mol. The van der Waals surface area contributed by atoms with Gasteiger partial charge in [-0.05, 0) is 30.2 Å². The maximum absolute atomic E-state index is 5.62. The molecular weight excluding hydrogens is 254 g/mol. The molecule has 19 heavy (non-hydrogen) atoms. The Bertz CT molecular complexity index is 685. The van der Waals surface area contributed by atoms with E-state index in [1.807, 2.05) is 18.3 Å². The molecule has 96 valence electrons.